The van der Waals surface area contributed by atoms with Crippen LogP contribution in [0.3, 0.4) is 0 Å². The Balaban J connectivity index is 1.34. The number of halogens is 2. The van der Waals surface area contributed by atoms with Crippen LogP contribution in [0.5, 0.6) is 5.75 Å². The van der Waals surface area contributed by atoms with Crippen molar-refractivity contribution in [2.24, 2.45) is 23.7 Å². The van der Waals surface area contributed by atoms with Crippen molar-refractivity contribution in [1.29, 1.82) is 0 Å². The number of allylic oxidation sites excluding steroid dienone is 2. The van der Waals surface area contributed by atoms with Gasteiger partial charge in [-0.2, -0.15) is 0 Å². The first kappa shape index (κ1) is 31.6. The summed E-state index contributed by atoms with van der Waals surface area (Å²) in [5.41, 5.74) is -0.362. The average molecular weight is 692 g/mol. The Kier molecular flexibility index (Phi) is 7.23. The Hall–Kier alpha value is -5.68. The van der Waals surface area contributed by atoms with Gasteiger partial charge in [-0.05, 0) is 60.7 Å². The molecule has 0 spiro atoms. The number of carbonyl (C=O) groups excluding carboxylic acids is 4. The molecule has 2 heterocycles. The van der Waals surface area contributed by atoms with E-state index in [0.717, 1.165) is 15.9 Å². The fraction of sp³-hybridized carbons (Fsp3) is 0.211. The molecule has 0 bridgehead atoms. The van der Waals surface area contributed by atoms with Crippen molar-refractivity contribution in [2.75, 3.05) is 9.80 Å². The summed E-state index contributed by atoms with van der Waals surface area (Å²) in [6, 6.07) is 24.2. The lowest BCUT2D eigenvalue weighted by Gasteiger charge is -2.50. The first-order valence-corrected chi connectivity index (χ1v) is 16.4. The van der Waals surface area contributed by atoms with Crippen LogP contribution in [0, 0.1) is 39.6 Å². The minimum absolute atomic E-state index is 0.00321. The predicted octanol–water partition coefficient (Wildman–Crippen LogP) is 6.46. The molecule has 0 aromatic heterocycles. The SMILES string of the molecule is O=C1C2CC=C3C(CC4C(=O)N(c5cccc(Cl)c5)C(=O)C4(c4ccccc4)C3c3cccc(F)c3O)C2C(=O)N1c1ccc([N+](=O)[O-])cc1. The van der Waals surface area contributed by atoms with E-state index in [0.29, 0.717) is 16.2 Å². The van der Waals surface area contributed by atoms with E-state index in [1.165, 1.54) is 42.5 Å². The summed E-state index contributed by atoms with van der Waals surface area (Å²) in [4.78, 5) is 71.0. The zero-order valence-corrected chi connectivity index (χ0v) is 26.9. The van der Waals surface area contributed by atoms with Gasteiger partial charge in [-0.25, -0.2) is 9.29 Å². The largest absolute Gasteiger partial charge is 0.505 e. The molecule has 4 aromatic rings. The fourth-order valence-corrected chi connectivity index (χ4v) is 9.02. The van der Waals surface area contributed by atoms with E-state index < -0.39 is 75.1 Å². The van der Waals surface area contributed by atoms with E-state index in [-0.39, 0.29) is 35.5 Å². The number of hydrogen-bond donors (Lipinski definition) is 1. The summed E-state index contributed by atoms with van der Waals surface area (Å²) < 4.78 is 15.2. The molecule has 10 nitrogen and oxygen atoms in total. The van der Waals surface area contributed by atoms with Crippen LogP contribution in [0.25, 0.3) is 0 Å². The summed E-state index contributed by atoms with van der Waals surface area (Å²) in [5.74, 6) is -8.48. The van der Waals surface area contributed by atoms with Gasteiger partial charge in [0.25, 0.3) is 5.69 Å². The Morgan fingerprint density at radius 3 is 2.24 bits per heavy atom. The minimum atomic E-state index is -1.68. The maximum absolute atomic E-state index is 15.2. The van der Waals surface area contributed by atoms with Crippen molar-refractivity contribution in [3.05, 3.63) is 141 Å². The number of benzene rings is 4. The number of hydrogen-bond acceptors (Lipinski definition) is 7. The highest BCUT2D eigenvalue weighted by Gasteiger charge is 2.70. The van der Waals surface area contributed by atoms with E-state index >= 15 is 9.18 Å². The molecule has 4 aromatic carbocycles. The van der Waals surface area contributed by atoms with Crippen molar-refractivity contribution in [3.63, 3.8) is 0 Å². The van der Waals surface area contributed by atoms with Gasteiger partial charge in [0.05, 0.1) is 39.5 Å². The maximum Gasteiger partial charge on any atom is 0.269 e. The van der Waals surface area contributed by atoms with E-state index in [1.54, 1.807) is 54.6 Å². The van der Waals surface area contributed by atoms with Crippen LogP contribution in [0.2, 0.25) is 5.02 Å². The lowest BCUT2D eigenvalue weighted by molar-refractivity contribution is -0.384. The van der Waals surface area contributed by atoms with Gasteiger partial charge >= 0.3 is 0 Å². The lowest BCUT2D eigenvalue weighted by atomic mass is 9.49. The van der Waals surface area contributed by atoms with Crippen molar-refractivity contribution in [2.45, 2.75) is 24.2 Å². The van der Waals surface area contributed by atoms with Crippen molar-refractivity contribution >= 4 is 52.3 Å². The monoisotopic (exact) mass is 691 g/mol. The highest BCUT2D eigenvalue weighted by molar-refractivity contribution is 6.32. The van der Waals surface area contributed by atoms with Crippen LogP contribution < -0.4 is 9.80 Å². The molecule has 3 fully saturated rings. The molecule has 8 rings (SSSR count). The molecule has 250 valence electrons. The predicted molar refractivity (Wildman–Crippen MR) is 180 cm³/mol. The van der Waals surface area contributed by atoms with Gasteiger partial charge in [0, 0.05) is 28.6 Å². The molecule has 2 saturated heterocycles. The zero-order chi connectivity index (χ0) is 35.1. The molecule has 1 saturated carbocycles. The molecule has 6 unspecified atom stereocenters. The molecule has 2 aliphatic heterocycles. The molecular formula is C38H27ClFN3O7. The van der Waals surface area contributed by atoms with Crippen molar-refractivity contribution in [3.8, 4) is 5.75 Å². The highest BCUT2D eigenvalue weighted by Crippen LogP contribution is 2.65. The Morgan fingerprint density at radius 2 is 1.54 bits per heavy atom. The summed E-state index contributed by atoms with van der Waals surface area (Å²) in [7, 11) is 0. The number of nitrogens with zero attached hydrogens (tertiary/aromatic N) is 3. The van der Waals surface area contributed by atoms with Gasteiger partial charge in [0.2, 0.25) is 23.6 Å². The van der Waals surface area contributed by atoms with Gasteiger partial charge in [-0.1, -0.05) is 71.8 Å². The summed E-state index contributed by atoms with van der Waals surface area (Å²) in [6.45, 7) is 0. The van der Waals surface area contributed by atoms with E-state index in [9.17, 15) is 29.6 Å². The van der Waals surface area contributed by atoms with Crippen molar-refractivity contribution in [1.82, 2.24) is 0 Å². The van der Waals surface area contributed by atoms with Crippen LogP contribution in [0.15, 0.2) is 109 Å². The normalized spacial score (nSPS) is 27.2. The third-order valence-corrected chi connectivity index (χ3v) is 11.0. The quantitative estimate of drug-likeness (QED) is 0.110. The molecule has 50 heavy (non-hydrogen) atoms. The summed E-state index contributed by atoms with van der Waals surface area (Å²) >= 11 is 6.32. The number of amides is 4. The van der Waals surface area contributed by atoms with Gasteiger partial charge in [0.1, 0.15) is 0 Å². The molecular weight excluding hydrogens is 665 g/mol. The van der Waals surface area contributed by atoms with Crippen LogP contribution >= 0.6 is 11.6 Å². The molecule has 6 atom stereocenters. The molecule has 4 amide bonds. The number of non-ortho nitro benzene ring substituents is 1. The number of nitro benzene ring substituents is 1. The van der Waals surface area contributed by atoms with Crippen LogP contribution in [-0.4, -0.2) is 33.7 Å². The number of carbonyl (C=O) groups is 4. The topological polar surface area (TPSA) is 138 Å². The fourth-order valence-electron chi connectivity index (χ4n) is 8.83. The van der Waals surface area contributed by atoms with E-state index in [1.807, 2.05) is 0 Å². The lowest BCUT2D eigenvalue weighted by Crippen LogP contribution is -2.53. The highest BCUT2D eigenvalue weighted by atomic mass is 35.5. The third-order valence-electron chi connectivity index (χ3n) is 10.8. The van der Waals surface area contributed by atoms with Gasteiger partial charge in [0.15, 0.2) is 11.6 Å². The average Bonchev–Trinajstić information content (AvgIpc) is 3.50. The molecule has 4 aliphatic rings. The number of aromatic hydroxyl groups is 1. The Labute approximate surface area is 289 Å². The molecule has 0 radical (unpaired) electrons. The van der Waals surface area contributed by atoms with Gasteiger partial charge < -0.3 is 5.11 Å². The maximum atomic E-state index is 15.2. The first-order valence-electron chi connectivity index (χ1n) is 16.0. The second-order valence-corrected chi connectivity index (χ2v) is 13.5. The van der Waals surface area contributed by atoms with Crippen molar-refractivity contribution < 1.29 is 33.6 Å². The molecule has 12 heteroatoms. The third kappa shape index (κ3) is 4.32. The first-order chi connectivity index (χ1) is 24.0. The Bertz CT molecular complexity index is 2170. The number of fused-ring (bicyclic) bond motifs is 4. The molecule has 1 N–H and O–H groups in total. The number of nitro groups is 1. The second-order valence-electron chi connectivity index (χ2n) is 13.1. The van der Waals surface area contributed by atoms with Crippen LogP contribution in [0.1, 0.15) is 29.9 Å². The van der Waals surface area contributed by atoms with E-state index in [4.69, 9.17) is 11.6 Å². The zero-order valence-electron chi connectivity index (χ0n) is 26.1. The van der Waals surface area contributed by atoms with E-state index in [2.05, 4.69) is 0 Å². The van der Waals surface area contributed by atoms with Gasteiger partial charge in [-0.15, -0.1) is 0 Å². The minimum Gasteiger partial charge on any atom is -0.505 e. The number of anilines is 2. The number of phenols is 1. The number of para-hydroxylation sites is 1. The summed E-state index contributed by atoms with van der Waals surface area (Å²) in [6.07, 6.45) is 1.90. The molecule has 2 aliphatic carbocycles. The standard InChI is InChI=1S/C38H27ClFN3O7/c39-21-8-4-9-24(18-21)42-35(46)29-19-28-25(16-17-26-31(28)36(47)41(34(26)45)22-12-14-23(15-13-22)43(49)50)32(27-10-5-11-30(40)33(27)44)38(29,37(42)48)20-6-2-1-3-7-20/h1-16,18,26,28-29,31-32,44H,17,19H2. The Morgan fingerprint density at radius 1 is 0.820 bits per heavy atom. The van der Waals surface area contributed by atoms with Crippen LogP contribution in [0.4, 0.5) is 21.5 Å². The number of imide groups is 2. The summed E-state index contributed by atoms with van der Waals surface area (Å²) in [5, 5.41) is 22.9. The second kappa shape index (κ2) is 11.4. The smallest absolute Gasteiger partial charge is 0.269 e. The van der Waals surface area contributed by atoms with Crippen LogP contribution in [-0.2, 0) is 24.6 Å². The number of phenolic OH excluding ortho intramolecular Hbond substituents is 1. The van der Waals surface area contributed by atoms with Gasteiger partial charge in [-0.3, -0.25) is 34.2 Å². The number of rotatable bonds is 5.